The number of hydrogen-bond acceptors (Lipinski definition) is 6. The van der Waals surface area contributed by atoms with Crippen molar-refractivity contribution in [3.05, 3.63) is 42.4 Å². The second-order valence-corrected chi connectivity index (χ2v) is 5.40. The summed E-state index contributed by atoms with van der Waals surface area (Å²) in [7, 11) is 1.62. The molecule has 0 aliphatic rings. The summed E-state index contributed by atoms with van der Waals surface area (Å²) in [5, 5.41) is 3.26. The first-order valence-electron chi connectivity index (χ1n) is 8.21. The van der Waals surface area contributed by atoms with E-state index in [0.717, 1.165) is 11.4 Å². The first-order chi connectivity index (χ1) is 12.1. The number of hydrogen-bond donors (Lipinski definition) is 1. The van der Waals surface area contributed by atoms with Gasteiger partial charge in [0.15, 0.2) is 0 Å². The van der Waals surface area contributed by atoms with Gasteiger partial charge < -0.3 is 19.7 Å². The quantitative estimate of drug-likeness (QED) is 0.703. The third-order valence-corrected chi connectivity index (χ3v) is 3.64. The number of carbonyl (C=O) groups excluding carboxylic acids is 1. The molecule has 0 radical (unpaired) electrons. The van der Waals surface area contributed by atoms with Crippen molar-refractivity contribution in [3.63, 3.8) is 0 Å². The van der Waals surface area contributed by atoms with Gasteiger partial charge in [-0.15, -0.1) is 0 Å². The standard InChI is InChI=1S/C18H24N4O3/c1-4-22(14(2)23)10-9-19-11-15-12-20-13-18(21-15)25-17-7-5-16(24-3)6-8-17/h5-8,12-13,19H,4,9-11H2,1-3H3. The molecular formula is C18H24N4O3. The van der Waals surface area contributed by atoms with Crippen molar-refractivity contribution >= 4 is 5.91 Å². The minimum Gasteiger partial charge on any atom is -0.497 e. The van der Waals surface area contributed by atoms with Crippen LogP contribution < -0.4 is 14.8 Å². The molecule has 0 saturated carbocycles. The molecule has 1 aromatic carbocycles. The highest BCUT2D eigenvalue weighted by molar-refractivity contribution is 5.73. The normalized spacial score (nSPS) is 10.4. The molecule has 1 heterocycles. The molecule has 2 rings (SSSR count). The van der Waals surface area contributed by atoms with Crippen molar-refractivity contribution < 1.29 is 14.3 Å². The summed E-state index contributed by atoms with van der Waals surface area (Å²) in [5.41, 5.74) is 0.775. The molecule has 25 heavy (non-hydrogen) atoms. The number of benzene rings is 1. The first-order valence-corrected chi connectivity index (χ1v) is 8.21. The average molecular weight is 344 g/mol. The van der Waals surface area contributed by atoms with Crippen molar-refractivity contribution in [2.45, 2.75) is 20.4 Å². The van der Waals surface area contributed by atoms with Crippen LogP contribution in [0.15, 0.2) is 36.7 Å². The highest BCUT2D eigenvalue weighted by Crippen LogP contribution is 2.21. The summed E-state index contributed by atoms with van der Waals surface area (Å²) in [6.07, 6.45) is 3.26. The molecule has 0 spiro atoms. The smallest absolute Gasteiger partial charge is 0.238 e. The third-order valence-electron chi connectivity index (χ3n) is 3.64. The molecule has 0 fully saturated rings. The Morgan fingerprint density at radius 1 is 1.20 bits per heavy atom. The lowest BCUT2D eigenvalue weighted by Gasteiger charge is -2.18. The van der Waals surface area contributed by atoms with Crippen LogP contribution >= 0.6 is 0 Å². The van der Waals surface area contributed by atoms with E-state index in [1.54, 1.807) is 31.3 Å². The molecule has 1 N–H and O–H groups in total. The number of ether oxygens (including phenoxy) is 2. The topological polar surface area (TPSA) is 76.6 Å². The van der Waals surface area contributed by atoms with Gasteiger partial charge in [-0.25, -0.2) is 4.98 Å². The van der Waals surface area contributed by atoms with Crippen LogP contribution in [-0.4, -0.2) is 47.5 Å². The molecule has 2 aromatic rings. The van der Waals surface area contributed by atoms with E-state index in [1.807, 2.05) is 31.2 Å². The van der Waals surface area contributed by atoms with Gasteiger partial charge in [-0.05, 0) is 31.2 Å². The van der Waals surface area contributed by atoms with Gasteiger partial charge in [-0.3, -0.25) is 9.78 Å². The van der Waals surface area contributed by atoms with Gasteiger partial charge in [-0.2, -0.15) is 0 Å². The molecule has 0 atom stereocenters. The van der Waals surface area contributed by atoms with E-state index in [0.29, 0.717) is 37.8 Å². The van der Waals surface area contributed by atoms with Crippen molar-refractivity contribution in [3.8, 4) is 17.4 Å². The van der Waals surface area contributed by atoms with Crippen LogP contribution in [0.3, 0.4) is 0 Å². The highest BCUT2D eigenvalue weighted by atomic mass is 16.5. The van der Waals surface area contributed by atoms with Gasteiger partial charge in [0, 0.05) is 39.3 Å². The molecule has 0 saturated heterocycles. The Kier molecular flexibility index (Phi) is 7.16. The van der Waals surface area contributed by atoms with Crippen LogP contribution in [0.5, 0.6) is 17.4 Å². The zero-order chi connectivity index (χ0) is 18.1. The Labute approximate surface area is 148 Å². The van der Waals surface area contributed by atoms with Crippen LogP contribution in [0, 0.1) is 0 Å². The summed E-state index contributed by atoms with van der Waals surface area (Å²) < 4.78 is 10.8. The summed E-state index contributed by atoms with van der Waals surface area (Å²) in [6, 6.07) is 7.27. The summed E-state index contributed by atoms with van der Waals surface area (Å²) in [5.74, 6) is 1.95. The summed E-state index contributed by atoms with van der Waals surface area (Å²) in [6.45, 7) is 6.17. The van der Waals surface area contributed by atoms with Crippen LogP contribution in [0.1, 0.15) is 19.5 Å². The predicted octanol–water partition coefficient (Wildman–Crippen LogP) is 2.24. The van der Waals surface area contributed by atoms with E-state index in [1.165, 1.54) is 0 Å². The molecule has 0 unspecified atom stereocenters. The molecule has 7 heteroatoms. The first kappa shape index (κ1) is 18.7. The fourth-order valence-electron chi connectivity index (χ4n) is 2.25. The third kappa shape index (κ3) is 6.04. The zero-order valence-electron chi connectivity index (χ0n) is 14.9. The number of nitrogens with one attached hydrogen (secondary N) is 1. The maximum absolute atomic E-state index is 11.3. The van der Waals surface area contributed by atoms with E-state index in [4.69, 9.17) is 9.47 Å². The summed E-state index contributed by atoms with van der Waals surface area (Å²) >= 11 is 0. The van der Waals surface area contributed by atoms with E-state index in [-0.39, 0.29) is 5.91 Å². The molecular weight excluding hydrogens is 320 g/mol. The van der Waals surface area contributed by atoms with Crippen molar-refractivity contribution in [2.24, 2.45) is 0 Å². The second kappa shape index (κ2) is 9.58. The van der Waals surface area contributed by atoms with Gasteiger partial charge in [0.05, 0.1) is 19.0 Å². The zero-order valence-corrected chi connectivity index (χ0v) is 14.9. The Morgan fingerprint density at radius 2 is 1.92 bits per heavy atom. The number of nitrogens with zero attached hydrogens (tertiary/aromatic N) is 3. The Hall–Kier alpha value is -2.67. The lowest BCUT2D eigenvalue weighted by Crippen LogP contribution is -2.35. The van der Waals surface area contributed by atoms with E-state index < -0.39 is 0 Å². The predicted molar refractivity (Wildman–Crippen MR) is 94.7 cm³/mol. The molecule has 0 bridgehead atoms. The van der Waals surface area contributed by atoms with Crippen LogP contribution in [0.2, 0.25) is 0 Å². The minimum atomic E-state index is 0.0824. The largest absolute Gasteiger partial charge is 0.497 e. The molecule has 1 aromatic heterocycles. The van der Waals surface area contributed by atoms with Gasteiger partial charge in [0.2, 0.25) is 11.8 Å². The lowest BCUT2D eigenvalue weighted by atomic mass is 10.3. The number of likely N-dealkylation sites (N-methyl/N-ethyl adjacent to an activating group) is 1. The number of methoxy groups -OCH3 is 1. The van der Waals surface area contributed by atoms with Crippen LogP contribution in [0.25, 0.3) is 0 Å². The van der Waals surface area contributed by atoms with E-state index >= 15 is 0 Å². The van der Waals surface area contributed by atoms with Crippen molar-refractivity contribution in [2.75, 3.05) is 26.7 Å². The maximum atomic E-state index is 11.3. The molecule has 7 nitrogen and oxygen atoms in total. The average Bonchev–Trinajstić information content (AvgIpc) is 2.62. The van der Waals surface area contributed by atoms with Crippen LogP contribution in [-0.2, 0) is 11.3 Å². The van der Waals surface area contributed by atoms with E-state index in [2.05, 4.69) is 15.3 Å². The van der Waals surface area contributed by atoms with Gasteiger partial charge in [-0.1, -0.05) is 0 Å². The van der Waals surface area contributed by atoms with E-state index in [9.17, 15) is 4.79 Å². The molecule has 0 aliphatic carbocycles. The molecule has 0 aliphatic heterocycles. The Bertz CT molecular complexity index is 676. The minimum absolute atomic E-state index is 0.0824. The lowest BCUT2D eigenvalue weighted by molar-refractivity contribution is -0.128. The van der Waals surface area contributed by atoms with Gasteiger partial charge >= 0.3 is 0 Å². The van der Waals surface area contributed by atoms with Crippen LogP contribution in [0.4, 0.5) is 0 Å². The maximum Gasteiger partial charge on any atom is 0.238 e. The SMILES string of the molecule is CCN(CCNCc1cncc(Oc2ccc(OC)cc2)n1)C(C)=O. The highest BCUT2D eigenvalue weighted by Gasteiger charge is 2.06. The number of amides is 1. The number of rotatable bonds is 9. The fraction of sp³-hybridized carbons (Fsp3) is 0.389. The number of carbonyl (C=O) groups is 1. The fourth-order valence-corrected chi connectivity index (χ4v) is 2.25. The van der Waals surface area contributed by atoms with Crippen molar-refractivity contribution in [1.82, 2.24) is 20.2 Å². The second-order valence-electron chi connectivity index (χ2n) is 5.40. The Morgan fingerprint density at radius 3 is 2.56 bits per heavy atom. The monoisotopic (exact) mass is 344 g/mol. The van der Waals surface area contributed by atoms with Gasteiger partial charge in [0.25, 0.3) is 0 Å². The number of aromatic nitrogens is 2. The van der Waals surface area contributed by atoms with Crippen molar-refractivity contribution in [1.29, 1.82) is 0 Å². The van der Waals surface area contributed by atoms with Gasteiger partial charge in [0.1, 0.15) is 11.5 Å². The Balaban J connectivity index is 1.84. The summed E-state index contributed by atoms with van der Waals surface area (Å²) in [4.78, 5) is 21.7. The molecule has 134 valence electrons. The molecule has 1 amide bonds.